The zero-order valence-electron chi connectivity index (χ0n) is 18.5. The average Bonchev–Trinajstić information content (AvgIpc) is 2.85. The highest BCUT2D eigenvalue weighted by Gasteiger charge is 2.30. The highest BCUT2D eigenvalue weighted by atomic mass is 19.1. The summed E-state index contributed by atoms with van der Waals surface area (Å²) in [5, 5.41) is 11.9. The Labute approximate surface area is 193 Å². The van der Waals surface area contributed by atoms with Gasteiger partial charge in [0.2, 0.25) is 11.8 Å². The van der Waals surface area contributed by atoms with E-state index in [-0.39, 0.29) is 43.7 Å². The molecule has 0 spiro atoms. The van der Waals surface area contributed by atoms with Crippen LogP contribution in [0, 0.1) is 5.82 Å². The molecule has 2 amide bonds. The third-order valence-electron chi connectivity index (χ3n) is 5.42. The number of aliphatic hydroxyl groups excluding tert-OH is 1. The predicted octanol–water partition coefficient (Wildman–Crippen LogP) is 3.51. The fourth-order valence-corrected chi connectivity index (χ4v) is 3.68. The van der Waals surface area contributed by atoms with Gasteiger partial charge in [-0.1, -0.05) is 72.8 Å². The van der Waals surface area contributed by atoms with Crippen LogP contribution in [0.5, 0.6) is 0 Å². The summed E-state index contributed by atoms with van der Waals surface area (Å²) in [7, 11) is 0. The van der Waals surface area contributed by atoms with Crippen LogP contribution < -0.4 is 5.32 Å². The van der Waals surface area contributed by atoms with Gasteiger partial charge in [0.1, 0.15) is 11.9 Å². The third-order valence-corrected chi connectivity index (χ3v) is 5.42. The van der Waals surface area contributed by atoms with Gasteiger partial charge in [-0.3, -0.25) is 9.59 Å². The quantitative estimate of drug-likeness (QED) is 0.472. The van der Waals surface area contributed by atoms with E-state index >= 15 is 0 Å². The van der Waals surface area contributed by atoms with E-state index in [1.54, 1.807) is 17.0 Å². The van der Waals surface area contributed by atoms with E-state index in [0.717, 1.165) is 16.7 Å². The normalized spacial score (nSPS) is 11.6. The molecule has 0 aliphatic heterocycles. The number of aliphatic hydroxyl groups is 1. The van der Waals surface area contributed by atoms with Gasteiger partial charge in [0.25, 0.3) is 0 Å². The highest BCUT2D eigenvalue weighted by molar-refractivity contribution is 5.88. The van der Waals surface area contributed by atoms with Crippen LogP contribution in [0.3, 0.4) is 0 Å². The number of halogens is 1. The van der Waals surface area contributed by atoms with Crippen molar-refractivity contribution in [3.05, 3.63) is 107 Å². The average molecular weight is 449 g/mol. The van der Waals surface area contributed by atoms with Crippen LogP contribution in [-0.2, 0) is 29.0 Å². The molecule has 1 atom stereocenters. The number of carbonyl (C=O) groups excluding carboxylic acids is 2. The van der Waals surface area contributed by atoms with Crippen LogP contribution >= 0.6 is 0 Å². The van der Waals surface area contributed by atoms with E-state index in [1.807, 2.05) is 60.7 Å². The van der Waals surface area contributed by atoms with Gasteiger partial charge in [-0.05, 0) is 35.2 Å². The van der Waals surface area contributed by atoms with Gasteiger partial charge in [0, 0.05) is 25.9 Å². The van der Waals surface area contributed by atoms with E-state index in [9.17, 15) is 19.1 Å². The number of rotatable bonds is 11. The molecule has 0 bridgehead atoms. The summed E-state index contributed by atoms with van der Waals surface area (Å²) in [4.78, 5) is 28.1. The van der Waals surface area contributed by atoms with Gasteiger partial charge in [-0.25, -0.2) is 4.39 Å². The Balaban J connectivity index is 1.87. The Morgan fingerprint density at radius 2 is 1.45 bits per heavy atom. The summed E-state index contributed by atoms with van der Waals surface area (Å²) in [6.07, 6.45) is 1.12. The van der Waals surface area contributed by atoms with Crippen LogP contribution in [0.4, 0.5) is 4.39 Å². The predicted molar refractivity (Wildman–Crippen MR) is 126 cm³/mol. The molecule has 0 saturated carbocycles. The van der Waals surface area contributed by atoms with Gasteiger partial charge in [0.15, 0.2) is 0 Å². The van der Waals surface area contributed by atoms with Crippen molar-refractivity contribution in [3.8, 4) is 0 Å². The zero-order chi connectivity index (χ0) is 23.5. The Bertz CT molecular complexity index is 1010. The number of benzene rings is 3. The summed E-state index contributed by atoms with van der Waals surface area (Å²) in [5.74, 6) is -0.853. The molecule has 5 nitrogen and oxygen atoms in total. The van der Waals surface area contributed by atoms with Crippen molar-refractivity contribution in [2.45, 2.75) is 31.8 Å². The van der Waals surface area contributed by atoms with E-state index < -0.39 is 6.04 Å². The van der Waals surface area contributed by atoms with E-state index in [1.165, 1.54) is 12.1 Å². The molecule has 3 aromatic carbocycles. The first-order valence-electron chi connectivity index (χ1n) is 11.1. The highest BCUT2D eigenvalue weighted by Crippen LogP contribution is 2.17. The van der Waals surface area contributed by atoms with Gasteiger partial charge >= 0.3 is 0 Å². The second kappa shape index (κ2) is 12.5. The first kappa shape index (κ1) is 24.1. The topological polar surface area (TPSA) is 69.6 Å². The Hall–Kier alpha value is -3.51. The van der Waals surface area contributed by atoms with Crippen LogP contribution in [0.2, 0.25) is 0 Å². The lowest BCUT2D eigenvalue weighted by Gasteiger charge is -2.31. The Morgan fingerprint density at radius 3 is 2.06 bits per heavy atom. The van der Waals surface area contributed by atoms with Crippen LogP contribution in [0.1, 0.15) is 23.1 Å². The minimum Gasteiger partial charge on any atom is -0.395 e. The molecular weight excluding hydrogens is 419 g/mol. The summed E-state index contributed by atoms with van der Waals surface area (Å²) in [6.45, 7) is 0.0916. The molecular formula is C27H29FN2O3. The van der Waals surface area contributed by atoms with Gasteiger partial charge in [-0.15, -0.1) is 0 Å². The number of nitrogens with zero attached hydrogens (tertiary/aromatic N) is 1. The van der Waals surface area contributed by atoms with Crippen molar-refractivity contribution in [2.75, 3.05) is 13.2 Å². The maximum absolute atomic E-state index is 13.4. The molecule has 0 saturated heterocycles. The molecule has 0 aromatic heterocycles. The lowest BCUT2D eigenvalue weighted by atomic mass is 10.0. The van der Waals surface area contributed by atoms with Crippen molar-refractivity contribution in [3.63, 3.8) is 0 Å². The first-order valence-corrected chi connectivity index (χ1v) is 11.1. The zero-order valence-corrected chi connectivity index (χ0v) is 18.5. The number of nitrogens with one attached hydrogen (secondary N) is 1. The number of hydrogen-bond donors (Lipinski definition) is 2. The molecule has 2 N–H and O–H groups in total. The fourth-order valence-electron chi connectivity index (χ4n) is 3.68. The molecule has 3 rings (SSSR count). The third kappa shape index (κ3) is 7.54. The van der Waals surface area contributed by atoms with Crippen molar-refractivity contribution in [1.82, 2.24) is 10.2 Å². The van der Waals surface area contributed by atoms with Crippen molar-refractivity contribution in [2.24, 2.45) is 0 Å². The lowest BCUT2D eigenvalue weighted by molar-refractivity contribution is -0.141. The smallest absolute Gasteiger partial charge is 0.243 e. The lowest BCUT2D eigenvalue weighted by Crippen LogP contribution is -2.51. The van der Waals surface area contributed by atoms with Crippen molar-refractivity contribution >= 4 is 11.8 Å². The fraction of sp³-hybridized carbons (Fsp3) is 0.259. The molecule has 6 heteroatoms. The van der Waals surface area contributed by atoms with E-state index in [0.29, 0.717) is 12.8 Å². The molecule has 0 fully saturated rings. The molecule has 0 radical (unpaired) electrons. The molecule has 1 unspecified atom stereocenters. The van der Waals surface area contributed by atoms with E-state index in [2.05, 4.69) is 5.32 Å². The van der Waals surface area contributed by atoms with Crippen LogP contribution in [0.15, 0.2) is 84.9 Å². The van der Waals surface area contributed by atoms with Gasteiger partial charge in [0.05, 0.1) is 6.61 Å². The minimum absolute atomic E-state index is 0.104. The number of carbonyl (C=O) groups is 2. The maximum Gasteiger partial charge on any atom is 0.243 e. The number of amides is 2. The molecule has 0 aliphatic carbocycles. The van der Waals surface area contributed by atoms with E-state index in [4.69, 9.17) is 0 Å². The monoisotopic (exact) mass is 448 g/mol. The molecule has 0 heterocycles. The number of aryl methyl sites for hydroxylation is 1. The largest absolute Gasteiger partial charge is 0.395 e. The van der Waals surface area contributed by atoms with Crippen LogP contribution in [0.25, 0.3) is 0 Å². The van der Waals surface area contributed by atoms with Crippen molar-refractivity contribution in [1.29, 1.82) is 0 Å². The number of hydrogen-bond acceptors (Lipinski definition) is 3. The van der Waals surface area contributed by atoms with Crippen molar-refractivity contribution < 1.29 is 19.1 Å². The second-order valence-electron chi connectivity index (χ2n) is 7.85. The summed E-state index contributed by atoms with van der Waals surface area (Å²) >= 11 is 0. The molecule has 0 aliphatic rings. The summed E-state index contributed by atoms with van der Waals surface area (Å²) in [5.41, 5.74) is 2.69. The SMILES string of the molecule is O=C(NCCO)C(Cc1ccccc1)N(Cc1ccc(F)cc1)C(=O)CCc1ccccc1. The minimum atomic E-state index is -0.771. The molecule has 172 valence electrons. The van der Waals surface area contributed by atoms with Gasteiger partial charge in [-0.2, -0.15) is 0 Å². The molecule has 33 heavy (non-hydrogen) atoms. The van der Waals surface area contributed by atoms with Crippen LogP contribution in [-0.4, -0.2) is 41.0 Å². The maximum atomic E-state index is 13.4. The Kier molecular flexibility index (Phi) is 9.15. The Morgan fingerprint density at radius 1 is 0.848 bits per heavy atom. The summed E-state index contributed by atoms with van der Waals surface area (Å²) < 4.78 is 13.4. The molecule has 3 aromatic rings. The first-order chi connectivity index (χ1) is 16.1. The second-order valence-corrected chi connectivity index (χ2v) is 7.85. The standard InChI is InChI=1S/C27H29FN2O3/c28-24-14-11-23(12-15-24)20-30(26(32)16-13-21-7-3-1-4-8-21)25(27(33)29-17-18-31)19-22-9-5-2-6-10-22/h1-12,14-15,25,31H,13,16-20H2,(H,29,33). The summed E-state index contributed by atoms with van der Waals surface area (Å²) in [6, 6.07) is 24.4. The van der Waals surface area contributed by atoms with Gasteiger partial charge < -0.3 is 15.3 Å².